The molecular formula is C22H33N5O2. The number of nitrogens with one attached hydrogen (secondary N) is 1. The van der Waals surface area contributed by atoms with Gasteiger partial charge in [-0.05, 0) is 49.3 Å². The van der Waals surface area contributed by atoms with Gasteiger partial charge in [-0.3, -0.25) is 4.99 Å². The Labute approximate surface area is 173 Å². The Hall–Kier alpha value is -2.41. The van der Waals surface area contributed by atoms with Gasteiger partial charge in [0.1, 0.15) is 0 Å². The number of aliphatic imine (C=N–C) groups is 1. The fourth-order valence-corrected chi connectivity index (χ4v) is 3.59. The minimum atomic E-state index is 0.577. The first-order valence-corrected chi connectivity index (χ1v) is 10.6. The lowest BCUT2D eigenvalue weighted by Gasteiger charge is -2.26. The van der Waals surface area contributed by atoms with Crippen LogP contribution in [0.25, 0.3) is 11.5 Å². The summed E-state index contributed by atoms with van der Waals surface area (Å²) >= 11 is 0. The van der Waals surface area contributed by atoms with E-state index in [9.17, 15) is 0 Å². The number of hydrogen-bond acceptors (Lipinski definition) is 5. The highest BCUT2D eigenvalue weighted by Crippen LogP contribution is 2.20. The van der Waals surface area contributed by atoms with Crippen molar-refractivity contribution in [3.05, 3.63) is 35.7 Å². The summed E-state index contributed by atoms with van der Waals surface area (Å²) in [6, 6.07) is 8.20. The molecule has 1 aliphatic rings. The number of hydrogen-bond donors (Lipinski definition) is 1. The summed E-state index contributed by atoms with van der Waals surface area (Å²) in [5.74, 6) is 3.00. The second-order valence-electron chi connectivity index (χ2n) is 7.63. The highest BCUT2D eigenvalue weighted by atomic mass is 16.5. The van der Waals surface area contributed by atoms with Gasteiger partial charge in [0, 0.05) is 52.4 Å². The molecule has 0 amide bonds. The van der Waals surface area contributed by atoms with Gasteiger partial charge in [0.05, 0.1) is 0 Å². The van der Waals surface area contributed by atoms with Crippen LogP contribution in [-0.4, -0.2) is 54.9 Å². The number of benzene rings is 1. The van der Waals surface area contributed by atoms with Crippen LogP contribution in [0.15, 0.2) is 33.8 Å². The molecular weight excluding hydrogens is 366 g/mol. The monoisotopic (exact) mass is 399 g/mol. The van der Waals surface area contributed by atoms with Crippen molar-refractivity contribution in [2.24, 2.45) is 10.9 Å². The molecule has 0 saturated carbocycles. The summed E-state index contributed by atoms with van der Waals surface area (Å²) in [5, 5.41) is 7.51. The van der Waals surface area contributed by atoms with Gasteiger partial charge in [-0.15, -0.1) is 0 Å². The number of aromatic nitrogens is 2. The van der Waals surface area contributed by atoms with E-state index in [2.05, 4.69) is 51.5 Å². The molecule has 7 nitrogen and oxygen atoms in total. The van der Waals surface area contributed by atoms with Crippen LogP contribution in [0.5, 0.6) is 0 Å². The summed E-state index contributed by atoms with van der Waals surface area (Å²) < 4.78 is 10.9. The van der Waals surface area contributed by atoms with E-state index < -0.39 is 0 Å². The predicted molar refractivity (Wildman–Crippen MR) is 115 cm³/mol. The fourth-order valence-electron chi connectivity index (χ4n) is 3.59. The van der Waals surface area contributed by atoms with Crippen molar-refractivity contribution in [2.45, 2.75) is 45.6 Å². The second kappa shape index (κ2) is 11.0. The van der Waals surface area contributed by atoms with Crippen LogP contribution in [0.4, 0.5) is 0 Å². The summed E-state index contributed by atoms with van der Waals surface area (Å²) in [5.41, 5.74) is 2.10. The molecule has 0 atom stereocenters. The van der Waals surface area contributed by atoms with Gasteiger partial charge in [-0.1, -0.05) is 24.2 Å². The molecule has 0 aliphatic carbocycles. The Kier molecular flexibility index (Phi) is 8.04. The smallest absolute Gasteiger partial charge is 0.257 e. The van der Waals surface area contributed by atoms with E-state index in [0.29, 0.717) is 12.4 Å². The molecule has 2 aromatic rings. The van der Waals surface area contributed by atoms with E-state index in [1.54, 1.807) is 0 Å². The van der Waals surface area contributed by atoms with Crippen molar-refractivity contribution in [1.29, 1.82) is 0 Å². The average Bonchev–Trinajstić information content (AvgIpc) is 3.23. The normalized spacial score (nSPS) is 15.5. The summed E-state index contributed by atoms with van der Waals surface area (Å²) in [7, 11) is 3.93. The Morgan fingerprint density at radius 1 is 1.31 bits per heavy atom. The van der Waals surface area contributed by atoms with E-state index in [1.165, 1.54) is 19.3 Å². The minimum Gasteiger partial charge on any atom is -0.381 e. The lowest BCUT2D eigenvalue weighted by molar-refractivity contribution is 0.0625. The SMILES string of the molecule is CCCc1noc(-c2cccc(CNC(=NC)N(C)CCC3CCOCC3)c2)n1. The van der Waals surface area contributed by atoms with Crippen molar-refractivity contribution in [2.75, 3.05) is 33.9 Å². The molecule has 0 radical (unpaired) electrons. The van der Waals surface area contributed by atoms with Crippen LogP contribution in [0.1, 0.15) is 44.0 Å². The second-order valence-corrected chi connectivity index (χ2v) is 7.63. The molecule has 0 spiro atoms. The van der Waals surface area contributed by atoms with Crippen LogP contribution >= 0.6 is 0 Å². The lowest BCUT2D eigenvalue weighted by atomic mass is 9.96. The highest BCUT2D eigenvalue weighted by Gasteiger charge is 2.15. The summed E-state index contributed by atoms with van der Waals surface area (Å²) in [4.78, 5) is 11.1. The van der Waals surface area contributed by atoms with Crippen LogP contribution < -0.4 is 5.32 Å². The van der Waals surface area contributed by atoms with Gasteiger partial charge >= 0.3 is 0 Å². The van der Waals surface area contributed by atoms with Crippen molar-refractivity contribution in [3.8, 4) is 11.5 Å². The van der Waals surface area contributed by atoms with Crippen molar-refractivity contribution in [1.82, 2.24) is 20.4 Å². The first-order valence-electron chi connectivity index (χ1n) is 10.6. The molecule has 1 fully saturated rings. The third kappa shape index (κ3) is 6.29. The largest absolute Gasteiger partial charge is 0.381 e. The van der Waals surface area contributed by atoms with Gasteiger partial charge in [-0.25, -0.2) is 0 Å². The number of aryl methyl sites for hydroxylation is 1. The van der Waals surface area contributed by atoms with Crippen LogP contribution in [0, 0.1) is 5.92 Å². The van der Waals surface area contributed by atoms with Crippen LogP contribution in [-0.2, 0) is 17.7 Å². The van der Waals surface area contributed by atoms with Crippen molar-refractivity contribution >= 4 is 5.96 Å². The predicted octanol–water partition coefficient (Wildman–Crippen LogP) is 3.51. The average molecular weight is 400 g/mol. The maximum atomic E-state index is 5.45. The van der Waals surface area contributed by atoms with Gasteiger partial charge in [0.25, 0.3) is 5.89 Å². The summed E-state index contributed by atoms with van der Waals surface area (Å²) in [6.07, 6.45) is 5.35. The topological polar surface area (TPSA) is 75.8 Å². The number of nitrogens with zero attached hydrogens (tertiary/aromatic N) is 4. The van der Waals surface area contributed by atoms with E-state index in [4.69, 9.17) is 9.26 Å². The Balaban J connectivity index is 1.53. The van der Waals surface area contributed by atoms with Crippen LogP contribution in [0.2, 0.25) is 0 Å². The number of guanidine groups is 1. The zero-order valence-corrected chi connectivity index (χ0v) is 17.9. The molecule has 1 saturated heterocycles. The van der Waals surface area contributed by atoms with Crippen molar-refractivity contribution < 1.29 is 9.26 Å². The van der Waals surface area contributed by atoms with Crippen LogP contribution in [0.3, 0.4) is 0 Å². The maximum Gasteiger partial charge on any atom is 0.257 e. The number of ether oxygens (including phenoxy) is 1. The van der Waals surface area contributed by atoms with E-state index in [-0.39, 0.29) is 0 Å². The zero-order valence-electron chi connectivity index (χ0n) is 17.9. The van der Waals surface area contributed by atoms with Crippen molar-refractivity contribution in [3.63, 3.8) is 0 Å². The van der Waals surface area contributed by atoms with Gasteiger partial charge < -0.3 is 19.5 Å². The fraction of sp³-hybridized carbons (Fsp3) is 0.591. The van der Waals surface area contributed by atoms with E-state index >= 15 is 0 Å². The zero-order chi connectivity index (χ0) is 20.5. The molecule has 1 aromatic heterocycles. The molecule has 7 heteroatoms. The maximum absolute atomic E-state index is 5.45. The van der Waals surface area contributed by atoms with Gasteiger partial charge in [0.2, 0.25) is 0 Å². The summed E-state index contributed by atoms with van der Waals surface area (Å²) in [6.45, 7) is 5.59. The molecule has 29 heavy (non-hydrogen) atoms. The molecule has 158 valence electrons. The third-order valence-electron chi connectivity index (χ3n) is 5.35. The quantitative estimate of drug-likeness (QED) is 0.541. The minimum absolute atomic E-state index is 0.577. The molecule has 3 rings (SSSR count). The Morgan fingerprint density at radius 3 is 2.90 bits per heavy atom. The van der Waals surface area contributed by atoms with E-state index in [0.717, 1.165) is 61.4 Å². The molecule has 1 aliphatic heterocycles. The van der Waals surface area contributed by atoms with Gasteiger partial charge in [0.15, 0.2) is 11.8 Å². The lowest BCUT2D eigenvalue weighted by Crippen LogP contribution is -2.39. The molecule has 1 aromatic carbocycles. The molecule has 2 heterocycles. The van der Waals surface area contributed by atoms with E-state index in [1.807, 2.05) is 19.2 Å². The third-order valence-corrected chi connectivity index (χ3v) is 5.35. The first-order chi connectivity index (χ1) is 14.2. The molecule has 0 bridgehead atoms. The highest BCUT2D eigenvalue weighted by molar-refractivity contribution is 5.79. The Morgan fingerprint density at radius 2 is 2.14 bits per heavy atom. The number of rotatable bonds is 8. The standard InChI is InChI=1S/C22H33N5O2/c1-4-6-20-25-21(29-26-20)19-8-5-7-18(15-19)16-24-22(23-2)27(3)12-9-17-10-13-28-14-11-17/h5,7-8,15,17H,4,6,9-14,16H2,1-3H3,(H,23,24). The molecule has 1 N–H and O–H groups in total. The molecule has 0 unspecified atom stereocenters. The first kappa shape index (κ1) is 21.3. The Bertz CT molecular complexity index is 783. The van der Waals surface area contributed by atoms with Gasteiger partial charge in [-0.2, -0.15) is 4.98 Å².